The number of hydrogen-bond acceptors (Lipinski definition) is 3. The first kappa shape index (κ1) is 15.1. The van der Waals surface area contributed by atoms with Crippen LogP contribution in [-0.2, 0) is 0 Å². The highest BCUT2D eigenvalue weighted by molar-refractivity contribution is 6.04. The van der Waals surface area contributed by atoms with Crippen molar-refractivity contribution >= 4 is 11.6 Å². The molecule has 0 aliphatic carbocycles. The highest BCUT2D eigenvalue weighted by atomic mass is 16.3. The summed E-state index contributed by atoms with van der Waals surface area (Å²) < 4.78 is 0. The van der Waals surface area contributed by atoms with Crippen LogP contribution in [0.2, 0.25) is 0 Å². The van der Waals surface area contributed by atoms with Gasteiger partial charge in [-0.15, -0.1) is 0 Å². The average molecular weight is 284 g/mol. The van der Waals surface area contributed by atoms with Crippen LogP contribution in [0.25, 0.3) is 0 Å². The summed E-state index contributed by atoms with van der Waals surface area (Å²) in [6, 6.07) is 12.7. The summed E-state index contributed by atoms with van der Waals surface area (Å²) in [6.45, 7) is 3.80. The van der Waals surface area contributed by atoms with Crippen molar-refractivity contribution < 1.29 is 9.90 Å². The van der Waals surface area contributed by atoms with Gasteiger partial charge in [0.1, 0.15) is 5.75 Å². The highest BCUT2D eigenvalue weighted by Gasteiger charge is 2.12. The number of aromatic hydroxyl groups is 1. The van der Waals surface area contributed by atoms with Crippen LogP contribution in [0, 0.1) is 6.92 Å². The van der Waals surface area contributed by atoms with Gasteiger partial charge in [0.25, 0.3) is 5.91 Å². The summed E-state index contributed by atoms with van der Waals surface area (Å²) in [5, 5.41) is 15.6. The van der Waals surface area contributed by atoms with E-state index in [4.69, 9.17) is 0 Å². The van der Waals surface area contributed by atoms with Crippen LogP contribution >= 0.6 is 0 Å². The molecule has 4 heteroatoms. The van der Waals surface area contributed by atoms with Crippen LogP contribution in [0.3, 0.4) is 0 Å². The predicted molar refractivity (Wildman–Crippen MR) is 84.7 cm³/mol. The quantitative estimate of drug-likeness (QED) is 0.807. The Morgan fingerprint density at radius 1 is 1.19 bits per heavy atom. The number of phenolic OH excluding ortho intramolecular Hbond substituents is 1. The Hall–Kier alpha value is -2.33. The summed E-state index contributed by atoms with van der Waals surface area (Å²) in [5.74, 6) is 0.00427. The molecule has 21 heavy (non-hydrogen) atoms. The molecule has 0 aliphatic heterocycles. The third-order valence-corrected chi connectivity index (χ3v) is 3.57. The normalized spacial score (nSPS) is 12.0. The number of rotatable bonds is 4. The zero-order valence-corrected chi connectivity index (χ0v) is 12.5. The maximum absolute atomic E-state index is 12.3. The molecule has 0 aliphatic rings. The first-order chi connectivity index (χ1) is 10.0. The van der Waals surface area contributed by atoms with E-state index >= 15 is 0 Å². The molecule has 2 aromatic rings. The van der Waals surface area contributed by atoms with E-state index in [1.54, 1.807) is 19.1 Å². The van der Waals surface area contributed by atoms with Gasteiger partial charge >= 0.3 is 0 Å². The predicted octanol–water partition coefficient (Wildman–Crippen LogP) is 3.23. The van der Waals surface area contributed by atoms with E-state index in [1.165, 1.54) is 6.07 Å². The number of carbonyl (C=O) groups excluding carboxylic acids is 1. The lowest BCUT2D eigenvalue weighted by molar-refractivity contribution is 0.102. The monoisotopic (exact) mass is 284 g/mol. The molecule has 0 bridgehead atoms. The molecule has 1 amide bonds. The molecule has 0 saturated carbocycles. The van der Waals surface area contributed by atoms with Crippen LogP contribution in [0.5, 0.6) is 5.75 Å². The Morgan fingerprint density at radius 3 is 2.57 bits per heavy atom. The minimum Gasteiger partial charge on any atom is -0.508 e. The van der Waals surface area contributed by atoms with E-state index in [1.807, 2.05) is 38.2 Å². The van der Waals surface area contributed by atoms with E-state index in [0.717, 1.165) is 11.3 Å². The van der Waals surface area contributed by atoms with Crippen molar-refractivity contribution in [3.05, 3.63) is 59.2 Å². The summed E-state index contributed by atoms with van der Waals surface area (Å²) in [6.07, 6.45) is 0. The lowest BCUT2D eigenvalue weighted by atomic mass is 10.1. The zero-order chi connectivity index (χ0) is 15.4. The Labute approximate surface area is 124 Å². The maximum atomic E-state index is 12.3. The molecule has 2 aromatic carbocycles. The lowest BCUT2D eigenvalue weighted by Gasteiger charge is -2.16. The van der Waals surface area contributed by atoms with E-state index in [-0.39, 0.29) is 17.7 Å². The van der Waals surface area contributed by atoms with Crippen LogP contribution in [-0.4, -0.2) is 18.1 Å². The molecule has 0 fully saturated rings. The van der Waals surface area contributed by atoms with Crippen molar-refractivity contribution in [2.45, 2.75) is 19.9 Å². The number of amides is 1. The van der Waals surface area contributed by atoms with Gasteiger partial charge in [-0.2, -0.15) is 0 Å². The topological polar surface area (TPSA) is 61.4 Å². The molecule has 0 spiro atoms. The number of nitrogens with one attached hydrogen (secondary N) is 2. The van der Waals surface area contributed by atoms with Crippen LogP contribution in [0.1, 0.15) is 34.5 Å². The first-order valence-electron chi connectivity index (χ1n) is 6.90. The Bertz CT molecular complexity index is 653. The summed E-state index contributed by atoms with van der Waals surface area (Å²) in [5.41, 5.74) is 3.02. The first-order valence-corrected chi connectivity index (χ1v) is 6.90. The lowest BCUT2D eigenvalue weighted by Crippen LogP contribution is -2.18. The molecular weight excluding hydrogens is 264 g/mol. The largest absolute Gasteiger partial charge is 0.508 e. The molecule has 0 heterocycles. The van der Waals surface area contributed by atoms with Gasteiger partial charge in [-0.1, -0.05) is 18.2 Å². The van der Waals surface area contributed by atoms with Crippen LogP contribution in [0.15, 0.2) is 42.5 Å². The van der Waals surface area contributed by atoms with Gasteiger partial charge in [0.05, 0.1) is 0 Å². The standard InChI is InChI=1S/C17H20N2O2/c1-11-10-13(8-9-16(11)20)17(21)19-15-7-5-4-6-14(15)12(2)18-3/h4-10,12,18,20H,1-3H3,(H,19,21). The zero-order valence-electron chi connectivity index (χ0n) is 12.5. The number of para-hydroxylation sites is 1. The third-order valence-electron chi connectivity index (χ3n) is 3.57. The number of hydrogen-bond donors (Lipinski definition) is 3. The van der Waals surface area contributed by atoms with E-state index in [9.17, 15) is 9.90 Å². The maximum Gasteiger partial charge on any atom is 0.255 e. The molecule has 1 unspecified atom stereocenters. The van der Waals surface area contributed by atoms with Crippen LogP contribution < -0.4 is 10.6 Å². The molecule has 0 radical (unpaired) electrons. The second-order valence-electron chi connectivity index (χ2n) is 5.05. The van der Waals surface area contributed by atoms with Gasteiger partial charge in [0.15, 0.2) is 0 Å². The SMILES string of the molecule is CNC(C)c1ccccc1NC(=O)c1ccc(O)c(C)c1. The fraction of sp³-hybridized carbons (Fsp3) is 0.235. The van der Waals surface area contributed by atoms with Gasteiger partial charge in [-0.05, 0) is 56.3 Å². The molecule has 0 aromatic heterocycles. The number of carbonyl (C=O) groups is 1. The van der Waals surface area contributed by atoms with Crippen molar-refractivity contribution in [1.82, 2.24) is 5.32 Å². The van der Waals surface area contributed by atoms with Crippen molar-refractivity contribution in [2.24, 2.45) is 0 Å². The van der Waals surface area contributed by atoms with Crippen LogP contribution in [0.4, 0.5) is 5.69 Å². The number of benzene rings is 2. The van der Waals surface area contributed by atoms with Gasteiger partial charge in [-0.3, -0.25) is 4.79 Å². The molecule has 1 atom stereocenters. The highest BCUT2D eigenvalue weighted by Crippen LogP contribution is 2.23. The molecule has 110 valence electrons. The fourth-order valence-electron chi connectivity index (χ4n) is 2.14. The second-order valence-corrected chi connectivity index (χ2v) is 5.05. The summed E-state index contributed by atoms with van der Waals surface area (Å²) in [7, 11) is 1.88. The fourth-order valence-corrected chi connectivity index (χ4v) is 2.14. The molecule has 4 nitrogen and oxygen atoms in total. The smallest absolute Gasteiger partial charge is 0.255 e. The molecule has 3 N–H and O–H groups in total. The average Bonchev–Trinajstić information content (AvgIpc) is 2.49. The number of phenols is 1. The second kappa shape index (κ2) is 6.41. The van der Waals surface area contributed by atoms with Crippen molar-refractivity contribution in [3.8, 4) is 5.75 Å². The Morgan fingerprint density at radius 2 is 1.90 bits per heavy atom. The minimum atomic E-state index is -0.186. The number of aryl methyl sites for hydroxylation is 1. The Kier molecular flexibility index (Phi) is 4.60. The summed E-state index contributed by atoms with van der Waals surface area (Å²) >= 11 is 0. The Balaban J connectivity index is 2.25. The number of anilines is 1. The summed E-state index contributed by atoms with van der Waals surface area (Å²) in [4.78, 5) is 12.3. The molecular formula is C17H20N2O2. The van der Waals surface area contributed by atoms with Crippen molar-refractivity contribution in [3.63, 3.8) is 0 Å². The van der Waals surface area contributed by atoms with Gasteiger partial charge < -0.3 is 15.7 Å². The molecule has 0 saturated heterocycles. The van der Waals surface area contributed by atoms with Crippen molar-refractivity contribution in [2.75, 3.05) is 12.4 Å². The molecule has 2 rings (SSSR count). The van der Waals surface area contributed by atoms with Crippen molar-refractivity contribution in [1.29, 1.82) is 0 Å². The van der Waals surface area contributed by atoms with Gasteiger partial charge in [0.2, 0.25) is 0 Å². The van der Waals surface area contributed by atoms with E-state index < -0.39 is 0 Å². The third kappa shape index (κ3) is 3.41. The van der Waals surface area contributed by atoms with E-state index in [2.05, 4.69) is 10.6 Å². The minimum absolute atomic E-state index is 0.142. The van der Waals surface area contributed by atoms with Gasteiger partial charge in [-0.25, -0.2) is 0 Å². The van der Waals surface area contributed by atoms with Gasteiger partial charge in [0, 0.05) is 17.3 Å². The van der Waals surface area contributed by atoms with E-state index in [0.29, 0.717) is 11.1 Å².